The van der Waals surface area contributed by atoms with E-state index in [9.17, 15) is 28.5 Å². The zero-order valence-electron chi connectivity index (χ0n) is 12.7. The first kappa shape index (κ1) is 18.0. The number of halogens is 2. The summed E-state index contributed by atoms with van der Waals surface area (Å²) in [6.45, 7) is 0. The van der Waals surface area contributed by atoms with Crippen LogP contribution in [0.4, 0.5) is 14.5 Å². The van der Waals surface area contributed by atoms with Gasteiger partial charge in [0.2, 0.25) is 11.7 Å². The molecule has 0 aromatic heterocycles. The van der Waals surface area contributed by atoms with Crippen molar-refractivity contribution in [2.75, 3.05) is 0 Å². The molecule has 0 radical (unpaired) electrons. The molecule has 0 aliphatic carbocycles. The van der Waals surface area contributed by atoms with Crippen LogP contribution in [0.5, 0.6) is 0 Å². The van der Waals surface area contributed by atoms with Crippen molar-refractivity contribution in [2.24, 2.45) is 5.73 Å². The lowest BCUT2D eigenvalue weighted by Gasteiger charge is -2.15. The van der Waals surface area contributed by atoms with E-state index >= 15 is 0 Å². The van der Waals surface area contributed by atoms with Crippen molar-refractivity contribution in [1.29, 1.82) is 0 Å². The van der Waals surface area contributed by atoms with Gasteiger partial charge in [-0.2, -0.15) is 4.39 Å². The minimum absolute atomic E-state index is 0.0173. The molecule has 0 spiro atoms. The fourth-order valence-electron chi connectivity index (χ4n) is 2.15. The van der Waals surface area contributed by atoms with Crippen LogP contribution in [0.3, 0.4) is 0 Å². The van der Waals surface area contributed by atoms with Gasteiger partial charge in [0.15, 0.2) is 0 Å². The van der Waals surface area contributed by atoms with Gasteiger partial charge in [-0.3, -0.25) is 19.7 Å². The summed E-state index contributed by atoms with van der Waals surface area (Å²) in [4.78, 5) is 33.5. The second kappa shape index (κ2) is 7.47. The Kier molecular flexibility index (Phi) is 5.38. The van der Waals surface area contributed by atoms with E-state index in [4.69, 9.17) is 5.73 Å². The summed E-state index contributed by atoms with van der Waals surface area (Å²) in [7, 11) is 0. The first-order valence-electron chi connectivity index (χ1n) is 7.06. The smallest absolute Gasteiger partial charge is 0.305 e. The molecule has 2 aromatic rings. The van der Waals surface area contributed by atoms with Crippen molar-refractivity contribution in [3.8, 4) is 0 Å². The lowest BCUT2D eigenvalue weighted by molar-refractivity contribution is -0.387. The van der Waals surface area contributed by atoms with Crippen molar-refractivity contribution in [2.45, 2.75) is 12.5 Å². The number of benzene rings is 2. The summed E-state index contributed by atoms with van der Waals surface area (Å²) in [5.41, 5.74) is 4.70. The molecular weight excluding hydrogens is 336 g/mol. The molecule has 3 N–H and O–H groups in total. The van der Waals surface area contributed by atoms with E-state index in [1.807, 2.05) is 0 Å². The quantitative estimate of drug-likeness (QED) is 0.610. The molecule has 0 aliphatic rings. The predicted octanol–water partition coefficient (Wildman–Crippen LogP) is 1.70. The molecule has 130 valence electrons. The third-order valence-electron chi connectivity index (χ3n) is 3.38. The molecule has 2 rings (SSSR count). The molecule has 0 saturated carbocycles. The molecule has 0 bridgehead atoms. The van der Waals surface area contributed by atoms with Crippen molar-refractivity contribution in [1.82, 2.24) is 5.32 Å². The average Bonchev–Trinajstić information content (AvgIpc) is 2.55. The van der Waals surface area contributed by atoms with Crippen molar-refractivity contribution in [3.63, 3.8) is 0 Å². The number of hydrogen-bond acceptors (Lipinski definition) is 4. The van der Waals surface area contributed by atoms with Crippen LogP contribution in [0.1, 0.15) is 15.9 Å². The molecule has 1 atom stereocenters. The average molecular weight is 349 g/mol. The number of hydrogen-bond donors (Lipinski definition) is 2. The molecule has 0 fully saturated rings. The standard InChI is InChI=1S/C16H13F2N3O4/c17-11-3-1-2-10(8-11)16(23)20-13(15(19)22)6-9-4-5-12(18)14(7-9)21(24)25/h1-5,7-8,13H,6H2,(H2,19,22)(H,20,23)/t13-/m0/s1. The highest BCUT2D eigenvalue weighted by atomic mass is 19.1. The third kappa shape index (κ3) is 4.56. The SMILES string of the molecule is NC(=O)[C@H](Cc1ccc(F)c([N+](=O)[O-])c1)NC(=O)c1cccc(F)c1. The van der Waals surface area contributed by atoms with Gasteiger partial charge in [-0.05, 0) is 29.8 Å². The number of amides is 2. The Morgan fingerprint density at radius 1 is 1.20 bits per heavy atom. The van der Waals surface area contributed by atoms with Gasteiger partial charge in [0.1, 0.15) is 11.9 Å². The normalized spacial score (nSPS) is 11.6. The number of nitro benzene ring substituents is 1. The zero-order chi connectivity index (χ0) is 18.6. The highest BCUT2D eigenvalue weighted by Gasteiger charge is 2.22. The molecule has 0 unspecified atom stereocenters. The summed E-state index contributed by atoms with van der Waals surface area (Å²) >= 11 is 0. The Morgan fingerprint density at radius 2 is 1.92 bits per heavy atom. The minimum atomic E-state index is -1.21. The Labute approximate surface area is 140 Å². The van der Waals surface area contributed by atoms with Crippen LogP contribution in [0.2, 0.25) is 0 Å². The van der Waals surface area contributed by atoms with Crippen LogP contribution in [0.25, 0.3) is 0 Å². The fraction of sp³-hybridized carbons (Fsp3) is 0.125. The van der Waals surface area contributed by atoms with Crippen LogP contribution in [0, 0.1) is 21.7 Å². The Morgan fingerprint density at radius 3 is 2.52 bits per heavy atom. The van der Waals surface area contributed by atoms with E-state index in [2.05, 4.69) is 5.32 Å². The number of nitrogens with two attached hydrogens (primary N) is 1. The number of nitrogens with zero attached hydrogens (tertiary/aromatic N) is 1. The van der Waals surface area contributed by atoms with Crippen molar-refractivity contribution >= 4 is 17.5 Å². The van der Waals surface area contributed by atoms with E-state index in [1.165, 1.54) is 18.2 Å². The van der Waals surface area contributed by atoms with Crippen LogP contribution in [-0.4, -0.2) is 22.8 Å². The maximum atomic E-state index is 13.3. The predicted molar refractivity (Wildman–Crippen MR) is 83.6 cm³/mol. The zero-order valence-corrected chi connectivity index (χ0v) is 12.7. The Bertz CT molecular complexity index is 842. The second-order valence-electron chi connectivity index (χ2n) is 5.19. The van der Waals surface area contributed by atoms with Gasteiger partial charge in [0, 0.05) is 18.1 Å². The number of nitro groups is 1. The molecule has 9 heteroatoms. The van der Waals surface area contributed by atoms with Crippen LogP contribution >= 0.6 is 0 Å². The van der Waals surface area contributed by atoms with Crippen LogP contribution in [-0.2, 0) is 11.2 Å². The maximum Gasteiger partial charge on any atom is 0.305 e. The molecular formula is C16H13F2N3O4. The number of nitrogens with one attached hydrogen (secondary N) is 1. The van der Waals surface area contributed by atoms with E-state index in [-0.39, 0.29) is 17.5 Å². The lowest BCUT2D eigenvalue weighted by Crippen LogP contribution is -2.45. The van der Waals surface area contributed by atoms with Gasteiger partial charge in [0.05, 0.1) is 4.92 Å². The van der Waals surface area contributed by atoms with Crippen LogP contribution in [0.15, 0.2) is 42.5 Å². The topological polar surface area (TPSA) is 115 Å². The second-order valence-corrected chi connectivity index (χ2v) is 5.19. The maximum absolute atomic E-state index is 13.3. The van der Waals surface area contributed by atoms with Gasteiger partial charge in [-0.15, -0.1) is 0 Å². The molecule has 2 aromatic carbocycles. The Hall–Kier alpha value is -3.36. The molecule has 7 nitrogen and oxygen atoms in total. The third-order valence-corrected chi connectivity index (χ3v) is 3.38. The van der Waals surface area contributed by atoms with Gasteiger partial charge in [0.25, 0.3) is 5.91 Å². The molecule has 2 amide bonds. The summed E-state index contributed by atoms with van der Waals surface area (Å²) in [5.74, 6) is -3.28. The van der Waals surface area contributed by atoms with E-state index in [0.29, 0.717) is 0 Å². The summed E-state index contributed by atoms with van der Waals surface area (Å²) in [5, 5.41) is 13.1. The summed E-state index contributed by atoms with van der Waals surface area (Å²) in [6, 6.07) is 6.69. The fourth-order valence-corrected chi connectivity index (χ4v) is 2.15. The minimum Gasteiger partial charge on any atom is -0.368 e. The first-order chi connectivity index (χ1) is 11.8. The van der Waals surface area contributed by atoms with E-state index in [1.54, 1.807) is 0 Å². The number of primary amides is 1. The first-order valence-corrected chi connectivity index (χ1v) is 7.06. The monoisotopic (exact) mass is 349 g/mol. The van der Waals surface area contributed by atoms with Crippen molar-refractivity contribution in [3.05, 3.63) is 75.3 Å². The van der Waals surface area contributed by atoms with Gasteiger partial charge in [-0.1, -0.05) is 12.1 Å². The van der Waals surface area contributed by atoms with Gasteiger partial charge in [-0.25, -0.2) is 4.39 Å². The number of carbonyl (C=O) groups is 2. The molecule has 0 aliphatic heterocycles. The van der Waals surface area contributed by atoms with Gasteiger partial charge < -0.3 is 11.1 Å². The largest absolute Gasteiger partial charge is 0.368 e. The molecule has 25 heavy (non-hydrogen) atoms. The summed E-state index contributed by atoms with van der Waals surface area (Å²) in [6.07, 6.45) is -0.183. The highest BCUT2D eigenvalue weighted by Crippen LogP contribution is 2.19. The summed E-state index contributed by atoms with van der Waals surface area (Å²) < 4.78 is 26.5. The molecule has 0 heterocycles. The molecule has 0 saturated heterocycles. The van der Waals surface area contributed by atoms with Crippen molar-refractivity contribution < 1.29 is 23.3 Å². The highest BCUT2D eigenvalue weighted by molar-refractivity contribution is 5.97. The number of rotatable bonds is 6. The lowest BCUT2D eigenvalue weighted by atomic mass is 10.0. The van der Waals surface area contributed by atoms with E-state index < -0.39 is 40.1 Å². The van der Waals surface area contributed by atoms with Crippen LogP contribution < -0.4 is 11.1 Å². The Balaban J connectivity index is 2.19. The van der Waals surface area contributed by atoms with Gasteiger partial charge >= 0.3 is 5.69 Å². The number of carbonyl (C=O) groups excluding carboxylic acids is 2. The van der Waals surface area contributed by atoms with E-state index in [0.717, 1.165) is 24.3 Å².